The van der Waals surface area contributed by atoms with Crippen molar-refractivity contribution in [3.05, 3.63) is 59.7 Å². The van der Waals surface area contributed by atoms with Crippen molar-refractivity contribution in [3.63, 3.8) is 0 Å². The predicted molar refractivity (Wildman–Crippen MR) is 139 cm³/mol. The zero-order chi connectivity index (χ0) is 25.2. The fourth-order valence-corrected chi connectivity index (χ4v) is 5.18. The van der Waals surface area contributed by atoms with Crippen LogP contribution in [-0.4, -0.2) is 54.3 Å². The summed E-state index contributed by atoms with van der Waals surface area (Å²) in [5.41, 5.74) is 4.71. The van der Waals surface area contributed by atoms with E-state index in [9.17, 15) is 14.4 Å². The minimum Gasteiger partial charge on any atom is -0.481 e. The summed E-state index contributed by atoms with van der Waals surface area (Å²) in [6, 6.07) is 16.4. The predicted octanol–water partition coefficient (Wildman–Crippen LogP) is 4.51. The highest BCUT2D eigenvalue weighted by Gasteiger charge is 2.28. The number of hydrogen-bond donors (Lipinski definition) is 3. The van der Waals surface area contributed by atoms with Gasteiger partial charge in [0.05, 0.1) is 5.75 Å². The van der Waals surface area contributed by atoms with Crippen LogP contribution in [0.5, 0.6) is 0 Å². The third-order valence-electron chi connectivity index (χ3n) is 5.95. The molecule has 0 fully saturated rings. The molecule has 0 aromatic heterocycles. The molecular formula is C27H34N2O5S. The molecule has 0 spiro atoms. The van der Waals surface area contributed by atoms with Crippen molar-refractivity contribution in [3.8, 4) is 11.1 Å². The summed E-state index contributed by atoms with van der Waals surface area (Å²) in [7, 11) is 0. The number of thioether (sulfide) groups is 1. The Morgan fingerprint density at radius 2 is 1.63 bits per heavy atom. The molecule has 0 radical (unpaired) electrons. The van der Waals surface area contributed by atoms with Crippen molar-refractivity contribution in [2.24, 2.45) is 11.8 Å². The lowest BCUT2D eigenvalue weighted by atomic mass is 9.94. The third kappa shape index (κ3) is 8.02. The summed E-state index contributed by atoms with van der Waals surface area (Å²) >= 11 is 1.41. The molecule has 8 heteroatoms. The summed E-state index contributed by atoms with van der Waals surface area (Å²) in [6.45, 7) is 5.10. The van der Waals surface area contributed by atoms with Crippen LogP contribution in [0.1, 0.15) is 43.7 Å². The van der Waals surface area contributed by atoms with Crippen LogP contribution in [-0.2, 0) is 14.3 Å². The van der Waals surface area contributed by atoms with Crippen molar-refractivity contribution in [2.75, 3.05) is 31.2 Å². The van der Waals surface area contributed by atoms with E-state index in [1.54, 1.807) is 0 Å². The highest BCUT2D eigenvalue weighted by molar-refractivity contribution is 7.99. The molecule has 2 aromatic carbocycles. The first kappa shape index (κ1) is 26.6. The zero-order valence-corrected chi connectivity index (χ0v) is 21.1. The molecule has 0 unspecified atom stereocenters. The standard InChI is InChI=1S/C27H34N2O5S/c1-18(2)13-19(14-26(31)32)15-29-25(30)17-35-12-11-28-27(33)34-16-24-22-9-5-3-7-20(22)21-8-4-6-10-23(21)24/h3-10,18-19,24H,11-17H2,1-2H3,(H,28,33)(H,29,30)(H,31,32)/t19-/m0/s1. The van der Waals surface area contributed by atoms with Crippen molar-refractivity contribution in [1.29, 1.82) is 0 Å². The minimum absolute atomic E-state index is 0.0202. The number of aliphatic carboxylic acids is 1. The van der Waals surface area contributed by atoms with Gasteiger partial charge in [-0.25, -0.2) is 4.79 Å². The summed E-state index contributed by atoms with van der Waals surface area (Å²) < 4.78 is 5.51. The van der Waals surface area contributed by atoms with Gasteiger partial charge in [0.15, 0.2) is 0 Å². The lowest BCUT2D eigenvalue weighted by Crippen LogP contribution is -2.32. The van der Waals surface area contributed by atoms with Crippen LogP contribution < -0.4 is 10.6 Å². The maximum atomic E-state index is 12.2. The molecule has 1 aliphatic carbocycles. The van der Waals surface area contributed by atoms with Crippen molar-refractivity contribution >= 4 is 29.7 Å². The van der Waals surface area contributed by atoms with Gasteiger partial charge in [0.2, 0.25) is 5.91 Å². The number of rotatable bonds is 13. The Labute approximate surface area is 211 Å². The number of carbonyl (C=O) groups excluding carboxylic acids is 2. The van der Waals surface area contributed by atoms with Crippen molar-refractivity contribution in [2.45, 2.75) is 32.6 Å². The van der Waals surface area contributed by atoms with E-state index in [4.69, 9.17) is 9.84 Å². The number of fused-ring (bicyclic) bond motifs is 3. The molecular weight excluding hydrogens is 464 g/mol. The Morgan fingerprint density at radius 3 is 2.23 bits per heavy atom. The molecule has 7 nitrogen and oxygen atoms in total. The second-order valence-corrected chi connectivity index (χ2v) is 10.3. The maximum absolute atomic E-state index is 12.2. The third-order valence-corrected chi connectivity index (χ3v) is 6.91. The van der Waals surface area contributed by atoms with Gasteiger partial charge in [0.25, 0.3) is 0 Å². The number of nitrogens with one attached hydrogen (secondary N) is 2. The highest BCUT2D eigenvalue weighted by Crippen LogP contribution is 2.44. The Balaban J connectivity index is 1.33. The maximum Gasteiger partial charge on any atom is 0.407 e. The first-order chi connectivity index (χ1) is 16.8. The van der Waals surface area contributed by atoms with Gasteiger partial charge in [-0.3, -0.25) is 9.59 Å². The SMILES string of the molecule is CC(C)C[C@H](CNC(=O)CSCCNC(=O)OCC1c2ccccc2-c2ccccc21)CC(=O)O. The van der Waals surface area contributed by atoms with E-state index < -0.39 is 12.1 Å². The number of carbonyl (C=O) groups is 3. The fourth-order valence-electron chi connectivity index (χ4n) is 4.50. The number of benzene rings is 2. The van der Waals surface area contributed by atoms with Crippen LogP contribution in [0.3, 0.4) is 0 Å². The normalized spacial score (nSPS) is 13.1. The number of hydrogen-bond acceptors (Lipinski definition) is 5. The van der Waals surface area contributed by atoms with Crippen LogP contribution in [0.4, 0.5) is 4.79 Å². The van der Waals surface area contributed by atoms with Crippen LogP contribution in [0.15, 0.2) is 48.5 Å². The number of amides is 2. The van der Waals surface area contributed by atoms with E-state index in [0.717, 1.165) is 6.42 Å². The van der Waals surface area contributed by atoms with Gasteiger partial charge in [-0.1, -0.05) is 62.4 Å². The molecule has 0 bridgehead atoms. The quantitative estimate of drug-likeness (QED) is 0.351. The topological polar surface area (TPSA) is 105 Å². The van der Waals surface area contributed by atoms with Crippen molar-refractivity contribution in [1.82, 2.24) is 10.6 Å². The second-order valence-electron chi connectivity index (χ2n) is 9.20. The van der Waals surface area contributed by atoms with Crippen LogP contribution in [0.25, 0.3) is 11.1 Å². The van der Waals surface area contributed by atoms with Gasteiger partial charge >= 0.3 is 12.1 Å². The molecule has 2 aromatic rings. The number of ether oxygens (including phenoxy) is 1. The smallest absolute Gasteiger partial charge is 0.407 e. The lowest BCUT2D eigenvalue weighted by Gasteiger charge is -2.17. The van der Waals surface area contributed by atoms with Crippen LogP contribution >= 0.6 is 11.8 Å². The van der Waals surface area contributed by atoms with Crippen LogP contribution in [0, 0.1) is 11.8 Å². The molecule has 3 rings (SSSR count). The monoisotopic (exact) mass is 498 g/mol. The minimum atomic E-state index is -0.849. The molecule has 2 amide bonds. The molecule has 188 valence electrons. The van der Waals surface area contributed by atoms with Gasteiger partial charge in [-0.15, -0.1) is 0 Å². The first-order valence-corrected chi connectivity index (χ1v) is 13.2. The van der Waals surface area contributed by atoms with E-state index in [1.807, 2.05) is 38.1 Å². The summed E-state index contributed by atoms with van der Waals surface area (Å²) in [4.78, 5) is 35.3. The number of carboxylic acid groups (broad SMARTS) is 1. The van der Waals surface area contributed by atoms with E-state index in [1.165, 1.54) is 34.0 Å². The number of alkyl carbamates (subject to hydrolysis) is 1. The zero-order valence-electron chi connectivity index (χ0n) is 20.3. The Kier molecular flexibility index (Phi) is 10.0. The first-order valence-electron chi connectivity index (χ1n) is 12.0. The lowest BCUT2D eigenvalue weighted by molar-refractivity contribution is -0.138. The van der Waals surface area contributed by atoms with Crippen molar-refractivity contribution < 1.29 is 24.2 Å². The molecule has 0 heterocycles. The summed E-state index contributed by atoms with van der Waals surface area (Å²) in [6.07, 6.45) is 0.335. The van der Waals surface area contributed by atoms with Gasteiger partial charge < -0.3 is 20.5 Å². The average Bonchev–Trinajstić information content (AvgIpc) is 3.14. The molecule has 1 atom stereocenters. The van der Waals surface area contributed by atoms with Crippen LogP contribution in [0.2, 0.25) is 0 Å². The van der Waals surface area contributed by atoms with E-state index in [0.29, 0.717) is 24.8 Å². The molecule has 1 aliphatic rings. The number of carboxylic acids is 1. The van der Waals surface area contributed by atoms with E-state index in [2.05, 4.69) is 34.9 Å². The molecule has 3 N–H and O–H groups in total. The fraction of sp³-hybridized carbons (Fsp3) is 0.444. The summed E-state index contributed by atoms with van der Waals surface area (Å²) in [5, 5.41) is 14.6. The van der Waals surface area contributed by atoms with E-state index in [-0.39, 0.29) is 36.5 Å². The largest absolute Gasteiger partial charge is 0.481 e. The van der Waals surface area contributed by atoms with Gasteiger partial charge in [-0.2, -0.15) is 11.8 Å². The second kappa shape index (κ2) is 13.2. The Hall–Kier alpha value is -3.00. The van der Waals surface area contributed by atoms with Gasteiger partial charge in [-0.05, 0) is 40.5 Å². The van der Waals surface area contributed by atoms with Gasteiger partial charge in [0.1, 0.15) is 6.61 Å². The molecule has 0 saturated carbocycles. The van der Waals surface area contributed by atoms with Gasteiger partial charge in [0, 0.05) is 31.2 Å². The average molecular weight is 499 g/mol. The summed E-state index contributed by atoms with van der Waals surface area (Å²) in [5.74, 6) is 0.169. The Bertz CT molecular complexity index is 981. The molecule has 0 aliphatic heterocycles. The van der Waals surface area contributed by atoms with E-state index >= 15 is 0 Å². The molecule has 35 heavy (non-hydrogen) atoms. The molecule has 0 saturated heterocycles. The highest BCUT2D eigenvalue weighted by atomic mass is 32.2. The Morgan fingerprint density at radius 1 is 1.00 bits per heavy atom.